The second kappa shape index (κ2) is 4.48. The number of benzene rings is 1. The van der Waals surface area contributed by atoms with E-state index in [1.54, 1.807) is 6.20 Å². The van der Waals surface area contributed by atoms with Crippen molar-refractivity contribution in [3.05, 3.63) is 36.0 Å². The van der Waals surface area contributed by atoms with Crippen molar-refractivity contribution in [3.63, 3.8) is 0 Å². The number of hydrogen-bond donors (Lipinski definition) is 0. The minimum Gasteiger partial charge on any atom is -0.221 e. The molecule has 0 radical (unpaired) electrons. The number of aromatic nitrogens is 3. The van der Waals surface area contributed by atoms with Crippen LogP contribution in [0, 0.1) is 0 Å². The van der Waals surface area contributed by atoms with E-state index in [2.05, 4.69) is 30.0 Å². The molecule has 7 heteroatoms. The summed E-state index contributed by atoms with van der Waals surface area (Å²) >= 11 is 0. The molecule has 0 amide bonds. The van der Waals surface area contributed by atoms with Crippen LogP contribution in [0.25, 0.3) is 5.69 Å². The standard InChI is InChI=1S/C12H14F3N3Si/c1-19(2,3)11-8-18(17-16-11)10-6-4-9(5-7-10)12(13,14)15/h4-8H,1-3H3. The van der Waals surface area contributed by atoms with Gasteiger partial charge >= 0.3 is 6.18 Å². The van der Waals surface area contributed by atoms with E-state index < -0.39 is 19.8 Å². The molecule has 102 valence electrons. The average Bonchev–Trinajstić information content (AvgIpc) is 2.77. The van der Waals surface area contributed by atoms with E-state index in [0.717, 1.165) is 17.4 Å². The first-order chi connectivity index (χ1) is 8.68. The van der Waals surface area contributed by atoms with Crippen LogP contribution in [0.3, 0.4) is 0 Å². The lowest BCUT2D eigenvalue weighted by atomic mass is 10.2. The van der Waals surface area contributed by atoms with Gasteiger partial charge in [-0.15, -0.1) is 5.10 Å². The van der Waals surface area contributed by atoms with Crippen LogP contribution in [-0.4, -0.2) is 23.1 Å². The van der Waals surface area contributed by atoms with Gasteiger partial charge in [-0.3, -0.25) is 0 Å². The molecule has 1 aromatic carbocycles. The number of hydrogen-bond acceptors (Lipinski definition) is 2. The molecule has 3 nitrogen and oxygen atoms in total. The van der Waals surface area contributed by atoms with Crippen molar-refractivity contribution in [2.24, 2.45) is 0 Å². The van der Waals surface area contributed by atoms with Gasteiger partial charge in [-0.2, -0.15) is 13.2 Å². The van der Waals surface area contributed by atoms with Gasteiger partial charge in [0.2, 0.25) is 0 Å². The third-order valence-electron chi connectivity index (χ3n) is 2.72. The Hall–Kier alpha value is -1.63. The normalized spacial score (nSPS) is 12.7. The second-order valence-electron chi connectivity index (χ2n) is 5.34. The summed E-state index contributed by atoms with van der Waals surface area (Å²) in [5, 5.41) is 8.98. The van der Waals surface area contributed by atoms with Gasteiger partial charge in [0.15, 0.2) is 0 Å². The Bertz CT molecular complexity index is 567. The molecular weight excluding hydrogens is 271 g/mol. The maximum Gasteiger partial charge on any atom is 0.416 e. The van der Waals surface area contributed by atoms with Crippen molar-refractivity contribution in [2.45, 2.75) is 25.8 Å². The maximum atomic E-state index is 12.5. The quantitative estimate of drug-likeness (QED) is 0.794. The molecule has 0 unspecified atom stereocenters. The van der Waals surface area contributed by atoms with Crippen molar-refractivity contribution < 1.29 is 13.2 Å². The fourth-order valence-electron chi connectivity index (χ4n) is 1.54. The fraction of sp³-hybridized carbons (Fsp3) is 0.333. The average molecular weight is 285 g/mol. The number of alkyl halides is 3. The van der Waals surface area contributed by atoms with Crippen LogP contribution in [0.5, 0.6) is 0 Å². The highest BCUT2D eigenvalue weighted by atomic mass is 28.3. The van der Waals surface area contributed by atoms with Gasteiger partial charge in [-0.1, -0.05) is 24.9 Å². The van der Waals surface area contributed by atoms with Gasteiger partial charge in [-0.05, 0) is 24.3 Å². The van der Waals surface area contributed by atoms with E-state index in [0.29, 0.717) is 5.69 Å². The first-order valence-corrected chi connectivity index (χ1v) is 9.28. The molecule has 1 heterocycles. The zero-order chi connectivity index (χ0) is 14.3. The molecule has 0 bridgehead atoms. The van der Waals surface area contributed by atoms with Crippen molar-refractivity contribution in [3.8, 4) is 5.69 Å². The van der Waals surface area contributed by atoms with Gasteiger partial charge < -0.3 is 0 Å². The summed E-state index contributed by atoms with van der Waals surface area (Å²) in [7, 11) is -1.56. The molecule has 0 fully saturated rings. The van der Waals surface area contributed by atoms with Crippen molar-refractivity contribution in [2.75, 3.05) is 0 Å². The second-order valence-corrected chi connectivity index (χ2v) is 10.4. The molecule has 19 heavy (non-hydrogen) atoms. The van der Waals surface area contributed by atoms with Crippen molar-refractivity contribution in [1.29, 1.82) is 0 Å². The van der Waals surface area contributed by atoms with E-state index in [9.17, 15) is 13.2 Å². The summed E-state index contributed by atoms with van der Waals surface area (Å²) in [5.74, 6) is 0. The Balaban J connectivity index is 2.31. The Morgan fingerprint density at radius 2 is 1.63 bits per heavy atom. The van der Waals surface area contributed by atoms with E-state index >= 15 is 0 Å². The van der Waals surface area contributed by atoms with Gasteiger partial charge in [0.25, 0.3) is 0 Å². The molecule has 0 aliphatic heterocycles. The highest BCUT2D eigenvalue weighted by Crippen LogP contribution is 2.29. The third-order valence-corrected chi connectivity index (χ3v) is 4.49. The summed E-state index contributed by atoms with van der Waals surface area (Å²) < 4.78 is 38.9. The largest absolute Gasteiger partial charge is 0.416 e. The number of nitrogens with zero attached hydrogens (tertiary/aromatic N) is 3. The lowest BCUT2D eigenvalue weighted by Crippen LogP contribution is -2.38. The van der Waals surface area contributed by atoms with Crippen LogP contribution >= 0.6 is 0 Å². The highest BCUT2D eigenvalue weighted by Gasteiger charge is 2.30. The molecule has 0 aliphatic rings. The number of rotatable bonds is 2. The van der Waals surface area contributed by atoms with Gasteiger partial charge in [0, 0.05) is 6.20 Å². The summed E-state index contributed by atoms with van der Waals surface area (Å²) in [4.78, 5) is 0. The van der Waals surface area contributed by atoms with E-state index in [1.807, 2.05) is 0 Å². The minimum absolute atomic E-state index is 0.574. The Morgan fingerprint density at radius 3 is 2.05 bits per heavy atom. The summed E-state index contributed by atoms with van der Waals surface area (Å²) in [6, 6.07) is 4.88. The van der Waals surface area contributed by atoms with E-state index in [1.165, 1.54) is 16.8 Å². The molecular formula is C12H14F3N3Si. The summed E-state index contributed by atoms with van der Waals surface area (Å²) in [6.45, 7) is 6.40. The third kappa shape index (κ3) is 3.03. The Labute approximate surface area is 110 Å². The minimum atomic E-state index is -4.32. The van der Waals surface area contributed by atoms with Crippen LogP contribution in [-0.2, 0) is 6.18 Å². The molecule has 0 atom stereocenters. The molecule has 1 aromatic heterocycles. The van der Waals surface area contributed by atoms with Crippen LogP contribution in [0.15, 0.2) is 30.5 Å². The van der Waals surface area contributed by atoms with E-state index in [4.69, 9.17) is 0 Å². The van der Waals surface area contributed by atoms with Crippen LogP contribution < -0.4 is 5.32 Å². The summed E-state index contributed by atoms with van der Waals surface area (Å²) in [6.07, 6.45) is -2.53. The maximum absolute atomic E-state index is 12.5. The molecule has 0 saturated heterocycles. The zero-order valence-electron chi connectivity index (χ0n) is 10.9. The smallest absolute Gasteiger partial charge is 0.221 e. The van der Waals surface area contributed by atoms with Crippen molar-refractivity contribution in [1.82, 2.24) is 15.0 Å². The van der Waals surface area contributed by atoms with Crippen LogP contribution in [0.4, 0.5) is 13.2 Å². The highest BCUT2D eigenvalue weighted by molar-refractivity contribution is 6.88. The lowest BCUT2D eigenvalue weighted by molar-refractivity contribution is -0.137. The lowest BCUT2D eigenvalue weighted by Gasteiger charge is -2.10. The molecule has 2 rings (SSSR count). The summed E-state index contributed by atoms with van der Waals surface area (Å²) in [5.41, 5.74) is -0.0909. The molecule has 0 spiro atoms. The first kappa shape index (κ1) is 13.8. The predicted molar refractivity (Wildman–Crippen MR) is 69.3 cm³/mol. The van der Waals surface area contributed by atoms with Crippen molar-refractivity contribution >= 4 is 13.4 Å². The van der Waals surface area contributed by atoms with Gasteiger partial charge in [0.05, 0.1) is 16.6 Å². The monoisotopic (exact) mass is 285 g/mol. The fourth-order valence-corrected chi connectivity index (χ4v) is 2.39. The van der Waals surface area contributed by atoms with Gasteiger partial charge in [-0.25, -0.2) is 4.68 Å². The topological polar surface area (TPSA) is 30.7 Å². The molecule has 2 aromatic rings. The van der Waals surface area contributed by atoms with Crippen LogP contribution in [0.2, 0.25) is 19.6 Å². The van der Waals surface area contributed by atoms with Crippen LogP contribution in [0.1, 0.15) is 5.56 Å². The van der Waals surface area contributed by atoms with Gasteiger partial charge in [0.1, 0.15) is 8.07 Å². The molecule has 0 saturated carbocycles. The Morgan fingerprint density at radius 1 is 1.05 bits per heavy atom. The number of halogens is 3. The van der Waals surface area contributed by atoms with E-state index in [-0.39, 0.29) is 0 Å². The SMILES string of the molecule is C[Si](C)(C)c1cn(-c2ccc(C(F)(F)F)cc2)nn1. The molecule has 0 N–H and O–H groups in total. The predicted octanol–water partition coefficient (Wildman–Crippen LogP) is 2.83. The first-order valence-electron chi connectivity index (χ1n) is 5.78. The zero-order valence-corrected chi connectivity index (χ0v) is 11.9. The Kier molecular flexibility index (Phi) is 3.25. The molecule has 0 aliphatic carbocycles.